The second-order valence-corrected chi connectivity index (χ2v) is 6.84. The first kappa shape index (κ1) is 18.2. The zero-order chi connectivity index (χ0) is 19.5. The average Bonchev–Trinajstić information content (AvgIpc) is 3.32. The summed E-state index contributed by atoms with van der Waals surface area (Å²) in [4.78, 5) is 16.6. The quantitative estimate of drug-likeness (QED) is 0.511. The largest absolute Gasteiger partial charge is 0.288 e. The van der Waals surface area contributed by atoms with Crippen molar-refractivity contribution in [1.29, 1.82) is 0 Å². The minimum atomic E-state index is -0.402. The number of aromatic nitrogens is 5. The molecule has 0 saturated carbocycles. The van der Waals surface area contributed by atoms with E-state index in [4.69, 9.17) is 23.2 Å². The minimum Gasteiger partial charge on any atom is -0.288 e. The van der Waals surface area contributed by atoms with E-state index in [1.807, 2.05) is 30.3 Å². The van der Waals surface area contributed by atoms with Crippen molar-refractivity contribution in [1.82, 2.24) is 25.0 Å². The fraction of sp³-hybridized carbons (Fsp3) is 0.0526. The Balaban J connectivity index is 1.45. The highest BCUT2D eigenvalue weighted by Gasteiger charge is 2.15. The van der Waals surface area contributed by atoms with Gasteiger partial charge in [-0.05, 0) is 29.8 Å². The normalized spacial score (nSPS) is 10.8. The number of amides is 1. The minimum absolute atomic E-state index is 0.210. The number of hydrogen-bond donors (Lipinski definition) is 2. The van der Waals surface area contributed by atoms with Gasteiger partial charge in [-0.3, -0.25) is 15.2 Å². The topological polar surface area (TPSA) is 88.5 Å². The van der Waals surface area contributed by atoms with Gasteiger partial charge in [0, 0.05) is 10.6 Å². The molecule has 9 heteroatoms. The lowest BCUT2D eigenvalue weighted by molar-refractivity contribution is 0.102. The van der Waals surface area contributed by atoms with E-state index in [9.17, 15) is 4.79 Å². The van der Waals surface area contributed by atoms with Crippen molar-refractivity contribution in [2.24, 2.45) is 0 Å². The maximum absolute atomic E-state index is 12.4. The van der Waals surface area contributed by atoms with Gasteiger partial charge in [-0.1, -0.05) is 53.5 Å². The van der Waals surface area contributed by atoms with Crippen LogP contribution in [0.2, 0.25) is 10.0 Å². The first-order chi connectivity index (χ1) is 13.6. The molecule has 7 nitrogen and oxygen atoms in total. The van der Waals surface area contributed by atoms with Gasteiger partial charge < -0.3 is 0 Å². The van der Waals surface area contributed by atoms with Crippen LogP contribution in [0.25, 0.3) is 11.3 Å². The van der Waals surface area contributed by atoms with Gasteiger partial charge in [0.2, 0.25) is 5.95 Å². The van der Waals surface area contributed by atoms with E-state index in [2.05, 4.69) is 25.6 Å². The maximum Gasteiger partial charge on any atom is 0.276 e. The number of H-pyrrole nitrogens is 1. The lowest BCUT2D eigenvalue weighted by atomic mass is 10.1. The zero-order valence-corrected chi connectivity index (χ0v) is 15.9. The van der Waals surface area contributed by atoms with Crippen LogP contribution in [0.4, 0.5) is 5.95 Å². The number of benzene rings is 2. The zero-order valence-electron chi connectivity index (χ0n) is 14.4. The summed E-state index contributed by atoms with van der Waals surface area (Å²) >= 11 is 12.1. The molecule has 0 radical (unpaired) electrons. The predicted octanol–water partition coefficient (Wildman–Crippen LogP) is 4.28. The Kier molecular flexibility index (Phi) is 5.10. The van der Waals surface area contributed by atoms with E-state index in [0.717, 1.165) is 5.56 Å². The standard InChI is InChI=1S/C19H14Cl2N6O/c20-13-6-7-14(15(21)8-13)16-9-17(25-24-16)18(28)23-19-22-11-27(26-19)10-12-4-2-1-3-5-12/h1-9,11H,10H2,(H,24,25)(H,23,26,28). The van der Waals surface area contributed by atoms with E-state index in [0.29, 0.717) is 27.8 Å². The highest BCUT2D eigenvalue weighted by Crippen LogP contribution is 2.29. The molecule has 0 aliphatic heterocycles. The van der Waals surface area contributed by atoms with E-state index in [-0.39, 0.29) is 11.6 Å². The third kappa shape index (κ3) is 4.05. The SMILES string of the molecule is O=C(Nc1ncn(Cc2ccccc2)n1)c1cc(-c2ccc(Cl)cc2Cl)n[nH]1. The fourth-order valence-electron chi connectivity index (χ4n) is 2.64. The number of carbonyl (C=O) groups excluding carboxylic acids is 1. The Hall–Kier alpha value is -3.16. The fourth-order valence-corrected chi connectivity index (χ4v) is 3.15. The van der Waals surface area contributed by atoms with E-state index >= 15 is 0 Å². The summed E-state index contributed by atoms with van der Waals surface area (Å²) in [5.41, 5.74) is 2.56. The molecule has 2 heterocycles. The van der Waals surface area contributed by atoms with Crippen LogP contribution in [0.5, 0.6) is 0 Å². The molecule has 0 aliphatic rings. The summed E-state index contributed by atoms with van der Waals surface area (Å²) in [5.74, 6) is -0.192. The molecule has 0 fully saturated rings. The van der Waals surface area contributed by atoms with Crippen LogP contribution in [0.1, 0.15) is 16.1 Å². The summed E-state index contributed by atoms with van der Waals surface area (Å²) in [6.45, 7) is 0.562. The molecule has 4 rings (SSSR count). The van der Waals surface area contributed by atoms with Crippen LogP contribution < -0.4 is 5.32 Å². The van der Waals surface area contributed by atoms with Crippen molar-refractivity contribution in [3.63, 3.8) is 0 Å². The Morgan fingerprint density at radius 2 is 1.93 bits per heavy atom. The van der Waals surface area contributed by atoms with Crippen molar-refractivity contribution >= 4 is 35.1 Å². The molecule has 2 aromatic heterocycles. The number of nitrogens with one attached hydrogen (secondary N) is 2. The summed E-state index contributed by atoms with van der Waals surface area (Å²) in [7, 11) is 0. The molecule has 0 unspecified atom stereocenters. The molecule has 0 aliphatic carbocycles. The molecular weight excluding hydrogens is 399 g/mol. The van der Waals surface area contributed by atoms with Crippen molar-refractivity contribution in [3.05, 3.63) is 82.2 Å². The van der Waals surface area contributed by atoms with Crippen LogP contribution in [0.3, 0.4) is 0 Å². The second-order valence-electron chi connectivity index (χ2n) is 6.00. The highest BCUT2D eigenvalue weighted by atomic mass is 35.5. The molecule has 0 atom stereocenters. The van der Waals surface area contributed by atoms with E-state index in [1.54, 1.807) is 35.3 Å². The van der Waals surface area contributed by atoms with Crippen LogP contribution in [-0.2, 0) is 6.54 Å². The first-order valence-corrected chi connectivity index (χ1v) is 9.09. The number of anilines is 1. The molecule has 1 amide bonds. The van der Waals surface area contributed by atoms with Crippen molar-refractivity contribution in [2.75, 3.05) is 5.32 Å². The molecule has 4 aromatic rings. The number of carbonyl (C=O) groups is 1. The molecule has 28 heavy (non-hydrogen) atoms. The number of nitrogens with zero attached hydrogens (tertiary/aromatic N) is 4. The molecule has 0 saturated heterocycles. The summed E-state index contributed by atoms with van der Waals surface area (Å²) in [6.07, 6.45) is 1.56. The van der Waals surface area contributed by atoms with Gasteiger partial charge >= 0.3 is 0 Å². The van der Waals surface area contributed by atoms with Gasteiger partial charge in [0.05, 0.1) is 17.3 Å². The smallest absolute Gasteiger partial charge is 0.276 e. The lowest BCUT2D eigenvalue weighted by Crippen LogP contribution is -2.14. The Morgan fingerprint density at radius 3 is 2.71 bits per heavy atom. The van der Waals surface area contributed by atoms with Crippen LogP contribution in [0.15, 0.2) is 60.9 Å². The molecule has 2 aromatic carbocycles. The van der Waals surface area contributed by atoms with Gasteiger partial charge in [-0.15, -0.1) is 5.10 Å². The molecule has 0 bridgehead atoms. The molecule has 0 spiro atoms. The van der Waals surface area contributed by atoms with E-state index < -0.39 is 5.91 Å². The Bertz CT molecular complexity index is 1120. The van der Waals surface area contributed by atoms with Gasteiger partial charge in [-0.25, -0.2) is 9.67 Å². The van der Waals surface area contributed by atoms with Gasteiger partial charge in [0.1, 0.15) is 12.0 Å². The molecule has 2 N–H and O–H groups in total. The third-order valence-corrected chi connectivity index (χ3v) is 4.53. The van der Waals surface area contributed by atoms with Crippen molar-refractivity contribution < 1.29 is 4.79 Å². The van der Waals surface area contributed by atoms with Crippen molar-refractivity contribution in [3.8, 4) is 11.3 Å². The summed E-state index contributed by atoms with van der Waals surface area (Å²) in [5, 5.41) is 14.7. The van der Waals surface area contributed by atoms with Crippen molar-refractivity contribution in [2.45, 2.75) is 6.54 Å². The van der Waals surface area contributed by atoms with E-state index in [1.165, 1.54) is 0 Å². The number of rotatable bonds is 5. The monoisotopic (exact) mass is 412 g/mol. The third-order valence-electron chi connectivity index (χ3n) is 3.98. The molecular formula is C19H14Cl2N6O. The van der Waals surface area contributed by atoms with Crippen LogP contribution in [0, 0.1) is 0 Å². The van der Waals surface area contributed by atoms with Crippen LogP contribution in [-0.4, -0.2) is 30.9 Å². The van der Waals surface area contributed by atoms with Gasteiger partial charge in [0.25, 0.3) is 5.91 Å². The number of aromatic amines is 1. The average molecular weight is 413 g/mol. The molecule has 140 valence electrons. The Morgan fingerprint density at radius 1 is 1.11 bits per heavy atom. The highest BCUT2D eigenvalue weighted by molar-refractivity contribution is 6.36. The first-order valence-electron chi connectivity index (χ1n) is 8.34. The maximum atomic E-state index is 12.4. The van der Waals surface area contributed by atoms with Gasteiger partial charge in [0.15, 0.2) is 0 Å². The summed E-state index contributed by atoms with van der Waals surface area (Å²) in [6, 6.07) is 16.5. The number of halogens is 2. The second kappa shape index (κ2) is 7.84. The Labute approximate surface area is 170 Å². The predicted molar refractivity (Wildman–Crippen MR) is 108 cm³/mol. The summed E-state index contributed by atoms with van der Waals surface area (Å²) < 4.78 is 1.65. The van der Waals surface area contributed by atoms with Crippen LogP contribution >= 0.6 is 23.2 Å². The van der Waals surface area contributed by atoms with Gasteiger partial charge in [-0.2, -0.15) is 5.10 Å². The number of hydrogen-bond acceptors (Lipinski definition) is 4. The lowest BCUT2D eigenvalue weighted by Gasteiger charge is -2.01.